The molecule has 0 amide bonds. The lowest BCUT2D eigenvalue weighted by molar-refractivity contribution is 0.414. The smallest absolute Gasteiger partial charge is 0.332 e. The van der Waals surface area contributed by atoms with Gasteiger partial charge in [-0.2, -0.15) is 10.2 Å². The maximum atomic E-state index is 14.5. The van der Waals surface area contributed by atoms with Crippen LogP contribution in [0, 0.1) is 11.6 Å². The number of ether oxygens (including phenoxy) is 2. The number of hydrogen-bond donors (Lipinski definition) is 2. The number of nitrogen functional groups attached to an aromatic ring is 2. The summed E-state index contributed by atoms with van der Waals surface area (Å²) in [7, 11) is -0.661. The number of aromatic nitrogens is 4. The fraction of sp³-hybridized carbons (Fsp3) is 0.308. The number of nitrogens with zero attached hydrogens (tertiary/aromatic N) is 4. The minimum Gasteiger partial charge on any atom is -0.493 e. The average Bonchev–Trinajstić information content (AvgIpc) is 3.52. The van der Waals surface area contributed by atoms with Crippen LogP contribution < -0.4 is 26.2 Å². The van der Waals surface area contributed by atoms with Crippen LogP contribution in [0.25, 0.3) is 11.4 Å². The number of anilines is 2. The summed E-state index contributed by atoms with van der Waals surface area (Å²) in [4.78, 5) is 0. The van der Waals surface area contributed by atoms with Crippen LogP contribution in [-0.2, 0) is 9.13 Å². The van der Waals surface area contributed by atoms with Gasteiger partial charge in [0.2, 0.25) is 0 Å². The van der Waals surface area contributed by atoms with Gasteiger partial charge in [0.1, 0.15) is 31.8 Å². The lowest BCUT2D eigenvalue weighted by Gasteiger charge is -2.14. The molecule has 0 aliphatic carbocycles. The van der Waals surface area contributed by atoms with Crippen molar-refractivity contribution < 1.29 is 27.4 Å². The van der Waals surface area contributed by atoms with Crippen molar-refractivity contribution in [1.29, 1.82) is 0 Å². The number of nitrogens with two attached hydrogens (primary N) is 2. The first kappa shape index (κ1) is 37.7. The van der Waals surface area contributed by atoms with Crippen LogP contribution in [0.2, 0.25) is 0 Å². The Balaban J connectivity index is 0.000000668. The van der Waals surface area contributed by atoms with E-state index in [1.165, 1.54) is 67.6 Å². The normalized spacial score (nSPS) is 10.1. The Bertz CT molecular complexity index is 1500. The van der Waals surface area contributed by atoms with E-state index in [1.807, 2.05) is 0 Å². The van der Waals surface area contributed by atoms with Gasteiger partial charge in [-0.1, -0.05) is 19.4 Å². The van der Waals surface area contributed by atoms with E-state index in [4.69, 9.17) is 20.9 Å². The van der Waals surface area contributed by atoms with Gasteiger partial charge in [-0.15, -0.1) is 0 Å². The summed E-state index contributed by atoms with van der Waals surface area (Å²) in [5.74, 6) is 0.00569. The third-order valence-corrected chi connectivity index (χ3v) is 7.18. The van der Waals surface area contributed by atoms with Gasteiger partial charge in [-0.3, -0.25) is 0 Å². The van der Waals surface area contributed by atoms with E-state index in [9.17, 15) is 17.9 Å². The van der Waals surface area contributed by atoms with E-state index in [0.29, 0.717) is 22.9 Å². The van der Waals surface area contributed by atoms with Crippen LogP contribution >= 0.6 is 30.9 Å². The van der Waals surface area contributed by atoms with Crippen molar-refractivity contribution in [3.8, 4) is 22.9 Å². The Hall–Kier alpha value is -3.27. The molecular weight excluding hydrogens is 640 g/mol. The lowest BCUT2D eigenvalue weighted by Crippen LogP contribution is -2.17. The first-order chi connectivity index (χ1) is 18.2. The fourth-order valence-corrected chi connectivity index (χ4v) is 4.73. The summed E-state index contributed by atoms with van der Waals surface area (Å²) in [6.07, 6.45) is 6.09. The van der Waals surface area contributed by atoms with E-state index < -0.39 is 26.6 Å². The standard InChI is InChI=1S/C12H15FN3O2P.C10H9BrFN3O.C2H6OP.2CH4/c1-18-8-6-15-16(7-8)10-5-4-9(14)12(11(10)13)19(2,3)17;1-16-6-4-14-15(5-6)8-3-2-7(13)9(11)10(8)12;1-4(2)3;;/h4-7H,14H2,1-3H3;2-5H,13H2,1H3;1-2H3;2*1H4/q;;+1;;. The SMILES string of the molecule is C.C.COc1cnn(-c2ccc(N)c(Br)c2F)c1.COc1cnn(-c2ccc(N)c(P(C)(C)=O)c2F)c1.C[P+](C)=O. The summed E-state index contributed by atoms with van der Waals surface area (Å²) < 4.78 is 62.9. The second-order valence-electron chi connectivity index (χ2n) is 8.45. The molecule has 4 N–H and O–H groups in total. The highest BCUT2D eigenvalue weighted by Crippen LogP contribution is 2.39. The molecule has 0 radical (unpaired) electrons. The van der Waals surface area contributed by atoms with Crippen molar-refractivity contribution in [2.75, 3.05) is 52.3 Å². The second kappa shape index (κ2) is 16.2. The Morgan fingerprint density at radius 3 is 1.61 bits per heavy atom. The predicted molar refractivity (Wildman–Crippen MR) is 169 cm³/mol. The summed E-state index contributed by atoms with van der Waals surface area (Å²) in [5, 5.41) is 8.03. The summed E-state index contributed by atoms with van der Waals surface area (Å²) in [6, 6.07) is 6.19. The van der Waals surface area contributed by atoms with E-state index in [1.54, 1.807) is 31.7 Å². The van der Waals surface area contributed by atoms with Crippen molar-refractivity contribution in [1.82, 2.24) is 19.6 Å². The molecule has 2 aromatic carbocycles. The zero-order chi connectivity index (χ0) is 29.5. The topological polar surface area (TPSA) is 140 Å². The molecule has 41 heavy (non-hydrogen) atoms. The Morgan fingerprint density at radius 1 is 0.854 bits per heavy atom. The largest absolute Gasteiger partial charge is 0.493 e. The highest BCUT2D eigenvalue weighted by molar-refractivity contribution is 9.10. The second-order valence-corrected chi connectivity index (χ2v) is 14.0. The third kappa shape index (κ3) is 9.95. The minimum atomic E-state index is -2.81. The first-order valence-corrected chi connectivity index (χ1v) is 16.7. The molecule has 0 aliphatic rings. The van der Waals surface area contributed by atoms with Gasteiger partial charge < -0.3 is 25.5 Å². The van der Waals surface area contributed by atoms with Gasteiger partial charge in [0.25, 0.3) is 0 Å². The number of rotatable bonds is 5. The Labute approximate surface area is 249 Å². The third-order valence-electron chi connectivity index (χ3n) is 4.84. The molecule has 0 saturated carbocycles. The number of methoxy groups -OCH3 is 2. The molecule has 0 spiro atoms. The number of hydrogen-bond acceptors (Lipinski definition) is 8. The molecule has 10 nitrogen and oxygen atoms in total. The van der Waals surface area contributed by atoms with E-state index in [0.717, 1.165) is 0 Å². The quantitative estimate of drug-likeness (QED) is 0.179. The van der Waals surface area contributed by atoms with Gasteiger partial charge >= 0.3 is 7.80 Å². The average molecular weight is 678 g/mol. The van der Waals surface area contributed by atoms with Crippen molar-refractivity contribution in [3.05, 3.63) is 65.2 Å². The monoisotopic (exact) mass is 677 g/mol. The highest BCUT2D eigenvalue weighted by Gasteiger charge is 2.23. The summed E-state index contributed by atoms with van der Waals surface area (Å²) in [5.41, 5.74) is 12.3. The van der Waals surface area contributed by atoms with Crippen LogP contribution in [0.4, 0.5) is 20.2 Å². The molecule has 0 aliphatic heterocycles. The van der Waals surface area contributed by atoms with Crippen LogP contribution in [0.1, 0.15) is 14.9 Å². The maximum Gasteiger partial charge on any atom is 0.332 e. The van der Waals surface area contributed by atoms with Crippen LogP contribution in [0.3, 0.4) is 0 Å². The Kier molecular flexibility index (Phi) is 14.9. The molecule has 0 fully saturated rings. The molecule has 0 saturated heterocycles. The molecule has 226 valence electrons. The van der Waals surface area contributed by atoms with Crippen LogP contribution in [-0.4, -0.2) is 60.4 Å². The van der Waals surface area contributed by atoms with Gasteiger partial charge in [0, 0.05) is 11.4 Å². The molecule has 0 bridgehead atoms. The van der Waals surface area contributed by atoms with E-state index in [2.05, 4.69) is 26.1 Å². The molecule has 4 aromatic rings. The molecule has 15 heteroatoms. The zero-order valence-corrected chi connectivity index (χ0v) is 25.6. The lowest BCUT2D eigenvalue weighted by atomic mass is 10.2. The number of halogens is 3. The maximum absolute atomic E-state index is 14.5. The molecular formula is C26H38BrF2N6O4P2+. The van der Waals surface area contributed by atoms with E-state index >= 15 is 0 Å². The fourth-order valence-electron chi connectivity index (χ4n) is 3.11. The minimum absolute atomic E-state index is 0. The van der Waals surface area contributed by atoms with Gasteiger partial charge in [0.15, 0.2) is 23.1 Å². The van der Waals surface area contributed by atoms with Gasteiger partial charge in [0.05, 0.1) is 48.8 Å². The first-order valence-electron chi connectivity index (χ1n) is 11.1. The van der Waals surface area contributed by atoms with Crippen molar-refractivity contribution in [2.24, 2.45) is 0 Å². The van der Waals surface area contributed by atoms with Crippen molar-refractivity contribution in [2.45, 2.75) is 14.9 Å². The molecule has 2 aromatic heterocycles. The zero-order valence-electron chi connectivity index (χ0n) is 22.2. The molecule has 0 unspecified atom stereocenters. The highest BCUT2D eigenvalue weighted by atomic mass is 79.9. The Morgan fingerprint density at radius 2 is 1.24 bits per heavy atom. The van der Waals surface area contributed by atoms with Crippen LogP contribution in [0.5, 0.6) is 11.5 Å². The predicted octanol–water partition coefficient (Wildman–Crippen LogP) is 6.56. The molecule has 0 atom stereocenters. The summed E-state index contributed by atoms with van der Waals surface area (Å²) in [6.45, 7) is 6.31. The molecule has 2 heterocycles. The molecule has 4 rings (SSSR count). The van der Waals surface area contributed by atoms with Crippen molar-refractivity contribution >= 4 is 47.6 Å². The number of benzene rings is 2. The van der Waals surface area contributed by atoms with Gasteiger partial charge in [-0.05, 0) is 53.5 Å². The van der Waals surface area contributed by atoms with Crippen molar-refractivity contribution in [3.63, 3.8) is 0 Å². The van der Waals surface area contributed by atoms with E-state index in [-0.39, 0.29) is 36.0 Å². The van der Waals surface area contributed by atoms with Gasteiger partial charge in [-0.25, -0.2) is 18.1 Å². The summed E-state index contributed by atoms with van der Waals surface area (Å²) >= 11 is 3.08. The van der Waals surface area contributed by atoms with Crippen LogP contribution in [0.15, 0.2) is 53.5 Å².